The van der Waals surface area contributed by atoms with E-state index < -0.39 is 36.8 Å². The van der Waals surface area contributed by atoms with Crippen LogP contribution in [0.1, 0.15) is 23.5 Å². The number of hydrogen-bond acceptors (Lipinski definition) is 6. The van der Waals surface area contributed by atoms with Crippen LogP contribution in [-0.4, -0.2) is 48.3 Å². The molecule has 2 aliphatic rings. The summed E-state index contributed by atoms with van der Waals surface area (Å²) in [6.45, 7) is 0.272. The van der Waals surface area contributed by atoms with Gasteiger partial charge in [-0.1, -0.05) is 42.5 Å². The van der Waals surface area contributed by atoms with Gasteiger partial charge in [-0.25, -0.2) is 0 Å². The molecule has 0 aliphatic carbocycles. The highest BCUT2D eigenvalue weighted by molar-refractivity contribution is 5.31. The van der Waals surface area contributed by atoms with Gasteiger partial charge in [0.05, 0.1) is 13.7 Å². The predicted molar refractivity (Wildman–Crippen MR) is 92.6 cm³/mol. The Balaban J connectivity index is 1.53. The van der Waals surface area contributed by atoms with Crippen molar-refractivity contribution in [3.63, 3.8) is 0 Å². The number of aliphatic hydroxyl groups excluding tert-OH is 2. The topological polar surface area (TPSA) is 77.4 Å². The second-order valence-corrected chi connectivity index (χ2v) is 6.53. The molecule has 6 heteroatoms. The fourth-order valence-corrected chi connectivity index (χ4v) is 3.49. The quantitative estimate of drug-likeness (QED) is 0.874. The first-order chi connectivity index (χ1) is 12.7. The van der Waals surface area contributed by atoms with Gasteiger partial charge in [-0.3, -0.25) is 0 Å². The van der Waals surface area contributed by atoms with Crippen molar-refractivity contribution >= 4 is 0 Å². The van der Waals surface area contributed by atoms with E-state index in [4.69, 9.17) is 18.9 Å². The molecule has 0 amide bonds. The summed E-state index contributed by atoms with van der Waals surface area (Å²) in [5, 5.41) is 21.3. The molecule has 2 fully saturated rings. The standard InChI is InChI=1S/C20H22O6/c1-23-14-9-5-8-13(10-14)18-16(21)17(22)19-15(25-18)11-24-20(26-19)12-6-3-2-4-7-12/h2-10,15-22H,11H2,1H3/t15-,16-,17-,18+,19-,20?/m1/s1. The SMILES string of the molecule is COc1cccc([C@@H]2O[C@@H]3COC(c4ccccc4)O[C@H]3[C@H](O)[C@H]2O)c1. The Hall–Kier alpha value is -1.96. The lowest BCUT2D eigenvalue weighted by atomic mass is 9.90. The predicted octanol–water partition coefficient (Wildman–Crippen LogP) is 1.97. The summed E-state index contributed by atoms with van der Waals surface area (Å²) >= 11 is 0. The summed E-state index contributed by atoms with van der Waals surface area (Å²) in [4.78, 5) is 0. The van der Waals surface area contributed by atoms with Crippen LogP contribution >= 0.6 is 0 Å². The third-order valence-electron chi connectivity index (χ3n) is 4.87. The van der Waals surface area contributed by atoms with Crippen LogP contribution in [0.3, 0.4) is 0 Å². The lowest BCUT2D eigenvalue weighted by Gasteiger charge is -2.46. The Morgan fingerprint density at radius 2 is 1.69 bits per heavy atom. The summed E-state index contributed by atoms with van der Waals surface area (Å²) in [7, 11) is 1.58. The molecular weight excluding hydrogens is 336 g/mol. The van der Waals surface area contributed by atoms with Crippen molar-refractivity contribution < 1.29 is 29.2 Å². The molecule has 2 saturated heterocycles. The van der Waals surface area contributed by atoms with E-state index in [9.17, 15) is 10.2 Å². The highest BCUT2D eigenvalue weighted by Crippen LogP contribution is 2.39. The van der Waals surface area contributed by atoms with Crippen molar-refractivity contribution in [2.45, 2.75) is 36.8 Å². The van der Waals surface area contributed by atoms with Crippen molar-refractivity contribution in [1.29, 1.82) is 0 Å². The molecule has 6 atom stereocenters. The third-order valence-corrected chi connectivity index (χ3v) is 4.87. The lowest BCUT2D eigenvalue weighted by Crippen LogP contribution is -2.59. The third kappa shape index (κ3) is 3.22. The number of methoxy groups -OCH3 is 1. The number of hydrogen-bond donors (Lipinski definition) is 2. The largest absolute Gasteiger partial charge is 0.497 e. The Morgan fingerprint density at radius 1 is 0.923 bits per heavy atom. The summed E-state index contributed by atoms with van der Waals surface area (Å²) in [6, 6.07) is 16.8. The zero-order chi connectivity index (χ0) is 18.1. The monoisotopic (exact) mass is 358 g/mol. The van der Waals surface area contributed by atoms with Crippen molar-refractivity contribution in [2.75, 3.05) is 13.7 Å². The zero-order valence-electron chi connectivity index (χ0n) is 14.4. The molecule has 4 rings (SSSR count). The van der Waals surface area contributed by atoms with E-state index in [0.717, 1.165) is 11.1 Å². The molecule has 0 radical (unpaired) electrons. The van der Waals surface area contributed by atoms with E-state index in [1.807, 2.05) is 48.5 Å². The highest BCUT2D eigenvalue weighted by Gasteiger charge is 2.49. The van der Waals surface area contributed by atoms with Crippen molar-refractivity contribution in [3.05, 3.63) is 65.7 Å². The minimum atomic E-state index is -1.11. The maximum atomic E-state index is 10.7. The Kier molecular flexibility index (Phi) is 4.93. The van der Waals surface area contributed by atoms with Gasteiger partial charge < -0.3 is 29.2 Å². The van der Waals surface area contributed by atoms with Crippen LogP contribution in [0.15, 0.2) is 54.6 Å². The second-order valence-electron chi connectivity index (χ2n) is 6.53. The molecular formula is C20H22O6. The smallest absolute Gasteiger partial charge is 0.184 e. The van der Waals surface area contributed by atoms with E-state index in [0.29, 0.717) is 5.75 Å². The molecule has 1 unspecified atom stereocenters. The van der Waals surface area contributed by atoms with E-state index in [1.165, 1.54) is 0 Å². The van der Waals surface area contributed by atoms with E-state index in [-0.39, 0.29) is 6.61 Å². The average Bonchev–Trinajstić information content (AvgIpc) is 2.71. The molecule has 26 heavy (non-hydrogen) atoms. The van der Waals surface area contributed by atoms with Crippen LogP contribution in [0.4, 0.5) is 0 Å². The number of rotatable bonds is 3. The van der Waals surface area contributed by atoms with Crippen LogP contribution < -0.4 is 4.74 Å². The molecule has 2 N–H and O–H groups in total. The highest BCUT2D eigenvalue weighted by atomic mass is 16.7. The molecule has 138 valence electrons. The maximum Gasteiger partial charge on any atom is 0.184 e. The number of ether oxygens (including phenoxy) is 4. The first-order valence-electron chi connectivity index (χ1n) is 8.65. The fraction of sp³-hybridized carbons (Fsp3) is 0.400. The van der Waals surface area contributed by atoms with E-state index >= 15 is 0 Å². The normalized spacial score (nSPS) is 34.1. The summed E-state index contributed by atoms with van der Waals surface area (Å²) in [5.41, 5.74) is 1.60. The summed E-state index contributed by atoms with van der Waals surface area (Å²) < 4.78 is 22.9. The van der Waals surface area contributed by atoms with Gasteiger partial charge >= 0.3 is 0 Å². The first kappa shape index (κ1) is 17.5. The van der Waals surface area contributed by atoms with Gasteiger partial charge in [0.1, 0.15) is 36.3 Å². The number of fused-ring (bicyclic) bond motifs is 1. The van der Waals surface area contributed by atoms with Gasteiger partial charge in [0.25, 0.3) is 0 Å². The van der Waals surface area contributed by atoms with E-state index in [1.54, 1.807) is 13.2 Å². The van der Waals surface area contributed by atoms with Crippen LogP contribution in [0.2, 0.25) is 0 Å². The first-order valence-corrected chi connectivity index (χ1v) is 8.65. The maximum absolute atomic E-state index is 10.7. The van der Waals surface area contributed by atoms with Crippen LogP contribution in [0.25, 0.3) is 0 Å². The summed E-state index contributed by atoms with van der Waals surface area (Å²) in [6.07, 6.45) is -4.59. The Labute approximate surface area is 151 Å². The average molecular weight is 358 g/mol. The van der Waals surface area contributed by atoms with Gasteiger partial charge in [-0.15, -0.1) is 0 Å². The lowest BCUT2D eigenvalue weighted by molar-refractivity contribution is -0.330. The van der Waals surface area contributed by atoms with Crippen LogP contribution in [-0.2, 0) is 14.2 Å². The molecule has 0 saturated carbocycles. The van der Waals surface area contributed by atoms with Gasteiger partial charge in [0.2, 0.25) is 0 Å². The van der Waals surface area contributed by atoms with E-state index in [2.05, 4.69) is 0 Å². The number of aliphatic hydroxyl groups is 2. The molecule has 0 bridgehead atoms. The fourth-order valence-electron chi connectivity index (χ4n) is 3.49. The molecule has 2 aromatic rings. The molecule has 6 nitrogen and oxygen atoms in total. The Morgan fingerprint density at radius 3 is 2.46 bits per heavy atom. The zero-order valence-corrected chi connectivity index (χ0v) is 14.4. The molecule has 0 spiro atoms. The molecule has 0 aromatic heterocycles. The molecule has 2 aliphatic heterocycles. The van der Waals surface area contributed by atoms with Gasteiger partial charge in [0.15, 0.2) is 6.29 Å². The summed E-state index contributed by atoms with van der Waals surface area (Å²) in [5.74, 6) is 0.662. The second kappa shape index (κ2) is 7.34. The van der Waals surface area contributed by atoms with Crippen molar-refractivity contribution in [1.82, 2.24) is 0 Å². The van der Waals surface area contributed by atoms with Crippen LogP contribution in [0.5, 0.6) is 5.75 Å². The minimum Gasteiger partial charge on any atom is -0.497 e. The van der Waals surface area contributed by atoms with Gasteiger partial charge in [-0.05, 0) is 17.7 Å². The number of benzene rings is 2. The van der Waals surface area contributed by atoms with Crippen molar-refractivity contribution in [2.24, 2.45) is 0 Å². The minimum absolute atomic E-state index is 0.272. The van der Waals surface area contributed by atoms with Gasteiger partial charge in [0, 0.05) is 5.56 Å². The van der Waals surface area contributed by atoms with Gasteiger partial charge in [-0.2, -0.15) is 0 Å². The van der Waals surface area contributed by atoms with Crippen molar-refractivity contribution in [3.8, 4) is 5.75 Å². The molecule has 2 heterocycles. The molecule has 2 aromatic carbocycles. The Bertz CT molecular complexity index is 734. The van der Waals surface area contributed by atoms with Crippen LogP contribution in [0, 0.1) is 0 Å².